The average Bonchev–Trinajstić information content (AvgIpc) is 3.08. The molecule has 2 aromatic carbocycles. The summed E-state index contributed by atoms with van der Waals surface area (Å²) >= 11 is 0. The molecular formula is C21H19N5O4. The van der Waals surface area contributed by atoms with Gasteiger partial charge in [-0.15, -0.1) is 0 Å². The summed E-state index contributed by atoms with van der Waals surface area (Å²) in [6.07, 6.45) is 0. The van der Waals surface area contributed by atoms with Gasteiger partial charge >= 0.3 is 5.69 Å². The number of aryl methyl sites for hydroxylation is 1. The lowest BCUT2D eigenvalue weighted by Crippen LogP contribution is -2.16. The van der Waals surface area contributed by atoms with Crippen LogP contribution < -0.4 is 20.9 Å². The predicted molar refractivity (Wildman–Crippen MR) is 111 cm³/mol. The first-order chi connectivity index (χ1) is 14.4. The van der Waals surface area contributed by atoms with Crippen molar-refractivity contribution < 1.29 is 14.3 Å². The highest BCUT2D eigenvalue weighted by Crippen LogP contribution is 2.30. The van der Waals surface area contributed by atoms with E-state index < -0.39 is 11.6 Å². The Morgan fingerprint density at radius 2 is 1.87 bits per heavy atom. The fraction of sp³-hybridized carbons (Fsp3) is 0.143. The van der Waals surface area contributed by atoms with Gasteiger partial charge in [0.1, 0.15) is 17.0 Å². The molecule has 0 spiro atoms. The number of rotatable bonds is 5. The summed E-state index contributed by atoms with van der Waals surface area (Å²) in [5, 5.41) is 0. The van der Waals surface area contributed by atoms with Crippen LogP contribution in [0.1, 0.15) is 16.1 Å². The number of nitrogens with one attached hydrogen (secondary N) is 1. The number of aromatic nitrogens is 4. The molecule has 0 saturated heterocycles. The van der Waals surface area contributed by atoms with Gasteiger partial charge in [-0.3, -0.25) is 4.79 Å². The fourth-order valence-corrected chi connectivity index (χ4v) is 3.30. The monoisotopic (exact) mass is 405 g/mol. The molecule has 4 rings (SSSR count). The van der Waals surface area contributed by atoms with Gasteiger partial charge in [-0.2, -0.15) is 0 Å². The number of primary amides is 1. The number of H-pyrrole nitrogens is 1. The zero-order valence-electron chi connectivity index (χ0n) is 16.6. The van der Waals surface area contributed by atoms with Crippen molar-refractivity contribution in [2.24, 2.45) is 5.73 Å². The Balaban J connectivity index is 2.08. The summed E-state index contributed by atoms with van der Waals surface area (Å²) in [6.45, 7) is 1.91. The SMILES string of the molecule is COc1ccc(-n2c(=O)[nH]c3c(C(N)=O)nc(-c4ccccc4C)nc32)c(OC)c1. The first-order valence-electron chi connectivity index (χ1n) is 9.05. The molecule has 0 atom stereocenters. The van der Waals surface area contributed by atoms with Gasteiger partial charge in [-0.1, -0.05) is 24.3 Å². The summed E-state index contributed by atoms with van der Waals surface area (Å²) < 4.78 is 12.0. The second kappa shape index (κ2) is 7.36. The van der Waals surface area contributed by atoms with Crippen LogP contribution in [0.3, 0.4) is 0 Å². The number of hydrogen-bond acceptors (Lipinski definition) is 6. The van der Waals surface area contributed by atoms with E-state index in [-0.39, 0.29) is 22.7 Å². The minimum Gasteiger partial charge on any atom is -0.497 e. The van der Waals surface area contributed by atoms with Crippen molar-refractivity contribution in [1.29, 1.82) is 0 Å². The summed E-state index contributed by atoms with van der Waals surface area (Å²) in [5.41, 5.74) is 7.42. The summed E-state index contributed by atoms with van der Waals surface area (Å²) in [4.78, 5) is 36.5. The first-order valence-corrected chi connectivity index (χ1v) is 9.05. The number of fused-ring (bicyclic) bond motifs is 1. The largest absolute Gasteiger partial charge is 0.497 e. The summed E-state index contributed by atoms with van der Waals surface area (Å²) in [5.74, 6) is 0.479. The Labute approximate surface area is 171 Å². The number of aromatic amines is 1. The molecule has 2 aromatic heterocycles. The van der Waals surface area contributed by atoms with E-state index >= 15 is 0 Å². The van der Waals surface area contributed by atoms with Crippen molar-refractivity contribution in [2.45, 2.75) is 6.92 Å². The molecule has 152 valence electrons. The third-order valence-electron chi connectivity index (χ3n) is 4.78. The van der Waals surface area contributed by atoms with E-state index in [4.69, 9.17) is 15.2 Å². The van der Waals surface area contributed by atoms with Crippen LogP contribution >= 0.6 is 0 Å². The molecule has 0 fully saturated rings. The number of nitrogens with two attached hydrogens (primary N) is 1. The van der Waals surface area contributed by atoms with Crippen LogP contribution in [0.4, 0.5) is 0 Å². The number of hydrogen-bond donors (Lipinski definition) is 2. The average molecular weight is 405 g/mol. The highest BCUT2D eigenvalue weighted by Gasteiger charge is 2.22. The van der Waals surface area contributed by atoms with Crippen LogP contribution in [0.15, 0.2) is 47.3 Å². The summed E-state index contributed by atoms with van der Waals surface area (Å²) in [6, 6.07) is 12.5. The third kappa shape index (κ3) is 3.06. The lowest BCUT2D eigenvalue weighted by Gasteiger charge is -2.12. The highest BCUT2D eigenvalue weighted by molar-refractivity contribution is 6.02. The quantitative estimate of drug-likeness (QED) is 0.524. The number of carbonyl (C=O) groups is 1. The zero-order valence-corrected chi connectivity index (χ0v) is 16.6. The lowest BCUT2D eigenvalue weighted by molar-refractivity contribution is 0.0997. The molecule has 3 N–H and O–H groups in total. The standard InChI is InChI=1S/C21H19N5O4/c1-11-6-4-5-7-13(11)19-23-16(18(22)27)17-20(25-19)26(21(28)24-17)14-9-8-12(29-2)10-15(14)30-3/h4-10H,1-3H3,(H2,22,27)(H,24,28). The van der Waals surface area contributed by atoms with Crippen molar-refractivity contribution in [3.63, 3.8) is 0 Å². The number of ether oxygens (including phenoxy) is 2. The van der Waals surface area contributed by atoms with Gasteiger partial charge in [0, 0.05) is 11.6 Å². The molecule has 0 aliphatic rings. The second-order valence-electron chi connectivity index (χ2n) is 6.58. The molecule has 0 radical (unpaired) electrons. The second-order valence-corrected chi connectivity index (χ2v) is 6.58. The molecule has 0 aliphatic heterocycles. The van der Waals surface area contributed by atoms with E-state index in [1.807, 2.05) is 31.2 Å². The van der Waals surface area contributed by atoms with Gasteiger partial charge in [-0.05, 0) is 24.6 Å². The van der Waals surface area contributed by atoms with Gasteiger partial charge in [0.05, 0.1) is 19.9 Å². The lowest BCUT2D eigenvalue weighted by atomic mass is 10.1. The van der Waals surface area contributed by atoms with Crippen molar-refractivity contribution in [2.75, 3.05) is 14.2 Å². The zero-order chi connectivity index (χ0) is 21.4. The highest BCUT2D eigenvalue weighted by atomic mass is 16.5. The predicted octanol–water partition coefficient (Wildman–Crippen LogP) is 2.20. The Bertz CT molecular complexity index is 1340. The van der Waals surface area contributed by atoms with Crippen LogP contribution in [0.5, 0.6) is 11.5 Å². The molecule has 2 heterocycles. The van der Waals surface area contributed by atoms with Gasteiger partial charge in [0.25, 0.3) is 5.91 Å². The molecule has 9 heteroatoms. The number of benzene rings is 2. The molecule has 9 nitrogen and oxygen atoms in total. The van der Waals surface area contributed by atoms with E-state index in [0.29, 0.717) is 17.2 Å². The normalized spacial score (nSPS) is 10.9. The Kier molecular flexibility index (Phi) is 4.71. The van der Waals surface area contributed by atoms with Crippen LogP contribution in [0.2, 0.25) is 0 Å². The van der Waals surface area contributed by atoms with Crippen LogP contribution in [-0.2, 0) is 0 Å². The Hall–Kier alpha value is -4.14. The molecule has 0 bridgehead atoms. The van der Waals surface area contributed by atoms with Gasteiger partial charge in [0.2, 0.25) is 0 Å². The van der Waals surface area contributed by atoms with Crippen LogP contribution in [0, 0.1) is 6.92 Å². The van der Waals surface area contributed by atoms with Gasteiger partial charge in [-0.25, -0.2) is 19.3 Å². The van der Waals surface area contributed by atoms with Crippen molar-refractivity contribution in [3.8, 4) is 28.6 Å². The number of methoxy groups -OCH3 is 2. The summed E-state index contributed by atoms with van der Waals surface area (Å²) in [7, 11) is 3.02. The van der Waals surface area contributed by atoms with E-state index in [1.54, 1.807) is 18.2 Å². The maximum absolute atomic E-state index is 12.9. The van der Waals surface area contributed by atoms with Gasteiger partial charge < -0.3 is 20.2 Å². The number of carbonyl (C=O) groups excluding carboxylic acids is 1. The third-order valence-corrected chi connectivity index (χ3v) is 4.78. The topological polar surface area (TPSA) is 125 Å². The number of nitrogens with zero attached hydrogens (tertiary/aromatic N) is 3. The number of imidazole rings is 1. The molecular weight excluding hydrogens is 386 g/mol. The van der Waals surface area contributed by atoms with Crippen LogP contribution in [0.25, 0.3) is 28.2 Å². The number of amides is 1. The van der Waals surface area contributed by atoms with Gasteiger partial charge in [0.15, 0.2) is 17.2 Å². The van der Waals surface area contributed by atoms with Crippen molar-refractivity contribution >= 4 is 17.1 Å². The minimum absolute atomic E-state index is 0.0680. The fourth-order valence-electron chi connectivity index (χ4n) is 3.30. The Morgan fingerprint density at radius 3 is 2.53 bits per heavy atom. The smallest absolute Gasteiger partial charge is 0.332 e. The van der Waals surface area contributed by atoms with E-state index in [9.17, 15) is 9.59 Å². The van der Waals surface area contributed by atoms with Crippen molar-refractivity contribution in [1.82, 2.24) is 19.5 Å². The first kappa shape index (κ1) is 19.2. The maximum Gasteiger partial charge on any atom is 0.332 e. The van der Waals surface area contributed by atoms with E-state index in [0.717, 1.165) is 11.1 Å². The van der Waals surface area contributed by atoms with Crippen LogP contribution in [-0.4, -0.2) is 39.6 Å². The van der Waals surface area contributed by atoms with E-state index in [2.05, 4.69) is 15.0 Å². The molecule has 30 heavy (non-hydrogen) atoms. The minimum atomic E-state index is -0.771. The molecule has 0 unspecified atom stereocenters. The Morgan fingerprint density at radius 1 is 1.10 bits per heavy atom. The molecule has 0 saturated carbocycles. The maximum atomic E-state index is 12.9. The molecule has 1 amide bonds. The van der Waals surface area contributed by atoms with E-state index in [1.165, 1.54) is 18.8 Å². The molecule has 0 aliphatic carbocycles. The molecule has 4 aromatic rings. The van der Waals surface area contributed by atoms with Crippen molar-refractivity contribution in [3.05, 3.63) is 64.2 Å².